The van der Waals surface area contributed by atoms with Crippen LogP contribution < -0.4 is 10.0 Å². The molecule has 0 spiro atoms. The Morgan fingerprint density at radius 3 is 2.56 bits per heavy atom. The van der Waals surface area contributed by atoms with Crippen LogP contribution in [0.25, 0.3) is 21.8 Å². The van der Waals surface area contributed by atoms with E-state index in [0.29, 0.717) is 10.7 Å². The third kappa shape index (κ3) is 3.78. The molecule has 5 aromatic rings. The Morgan fingerprint density at radius 1 is 0.972 bits per heavy atom. The number of benzene rings is 3. The Bertz CT molecular complexity index is 1740. The number of hydrogen-bond donors (Lipinski definition) is 4. The molecular weight excluding hydrogens is 496 g/mol. The molecule has 0 aliphatic carbocycles. The molecular formula is C27H23ClN4O3S. The number of sulfonamides is 1. The van der Waals surface area contributed by atoms with Gasteiger partial charge < -0.3 is 15.3 Å². The zero-order valence-corrected chi connectivity index (χ0v) is 20.9. The second-order valence-electron chi connectivity index (χ2n) is 9.12. The maximum atomic E-state index is 13.5. The van der Waals surface area contributed by atoms with Gasteiger partial charge in [-0.05, 0) is 48.4 Å². The molecule has 182 valence electrons. The highest BCUT2D eigenvalue weighted by molar-refractivity contribution is 7.89. The van der Waals surface area contributed by atoms with Gasteiger partial charge in [0.25, 0.3) is 5.91 Å². The molecule has 0 bridgehead atoms. The normalized spacial score (nSPS) is 18.2. The highest BCUT2D eigenvalue weighted by Gasteiger charge is 2.38. The van der Waals surface area contributed by atoms with Crippen molar-refractivity contribution < 1.29 is 13.2 Å². The number of rotatable bonds is 4. The first-order valence-corrected chi connectivity index (χ1v) is 13.4. The number of nitrogens with one attached hydrogen (secondary N) is 4. The second-order valence-corrected chi connectivity index (χ2v) is 11.3. The molecule has 7 nitrogen and oxygen atoms in total. The van der Waals surface area contributed by atoms with Crippen LogP contribution in [0.2, 0.25) is 5.02 Å². The number of amides is 1. The van der Waals surface area contributed by atoms with Gasteiger partial charge in [0.2, 0.25) is 10.0 Å². The van der Waals surface area contributed by atoms with Crippen LogP contribution in [0.1, 0.15) is 33.1 Å². The highest BCUT2D eigenvalue weighted by atomic mass is 35.5. The van der Waals surface area contributed by atoms with Crippen molar-refractivity contribution in [2.45, 2.75) is 23.8 Å². The first-order valence-electron chi connectivity index (χ1n) is 11.6. The molecule has 6 rings (SSSR count). The fraction of sp³-hybridized carbons (Fsp3) is 0.148. The molecule has 9 heteroatoms. The number of carbonyl (C=O) groups excluding carboxylic acids is 1. The number of aromatic amines is 2. The van der Waals surface area contributed by atoms with Crippen molar-refractivity contribution >= 4 is 49.3 Å². The lowest BCUT2D eigenvalue weighted by molar-refractivity contribution is 0.0950. The predicted octanol–water partition coefficient (Wildman–Crippen LogP) is 4.83. The lowest BCUT2D eigenvalue weighted by atomic mass is 9.84. The van der Waals surface area contributed by atoms with Crippen LogP contribution in [0.15, 0.2) is 77.8 Å². The fourth-order valence-electron chi connectivity index (χ4n) is 5.12. The summed E-state index contributed by atoms with van der Waals surface area (Å²) in [6.07, 6.45) is 1.88. The van der Waals surface area contributed by atoms with Gasteiger partial charge in [0.05, 0.1) is 10.9 Å². The highest BCUT2D eigenvalue weighted by Crippen LogP contribution is 2.41. The van der Waals surface area contributed by atoms with Gasteiger partial charge in [-0.2, -0.15) is 0 Å². The topological polar surface area (TPSA) is 107 Å². The Morgan fingerprint density at radius 2 is 1.75 bits per heavy atom. The fourth-order valence-corrected chi connectivity index (χ4v) is 6.54. The van der Waals surface area contributed by atoms with Gasteiger partial charge in [-0.1, -0.05) is 53.6 Å². The molecule has 1 amide bonds. The molecule has 0 fully saturated rings. The van der Waals surface area contributed by atoms with E-state index in [4.69, 9.17) is 11.6 Å². The van der Waals surface area contributed by atoms with Crippen molar-refractivity contribution in [1.29, 1.82) is 0 Å². The lowest BCUT2D eigenvalue weighted by Gasteiger charge is -2.26. The first-order chi connectivity index (χ1) is 17.3. The summed E-state index contributed by atoms with van der Waals surface area (Å²) in [6, 6.07) is 19.3. The van der Waals surface area contributed by atoms with Crippen molar-refractivity contribution in [2.75, 3.05) is 6.54 Å². The number of carbonyl (C=O) groups is 1. The van der Waals surface area contributed by atoms with Crippen molar-refractivity contribution in [3.8, 4) is 0 Å². The van der Waals surface area contributed by atoms with E-state index in [0.717, 1.165) is 38.5 Å². The van der Waals surface area contributed by atoms with Gasteiger partial charge in [0.1, 0.15) is 5.69 Å². The molecule has 0 saturated carbocycles. The quantitative estimate of drug-likeness (QED) is 0.273. The third-order valence-corrected chi connectivity index (χ3v) is 8.56. The Hall–Kier alpha value is -3.59. The smallest absolute Gasteiger partial charge is 0.268 e. The van der Waals surface area contributed by atoms with E-state index in [-0.39, 0.29) is 17.3 Å². The Kier molecular flexibility index (Phi) is 5.40. The summed E-state index contributed by atoms with van der Waals surface area (Å²) in [5.74, 6) is -0.739. The van der Waals surface area contributed by atoms with Crippen LogP contribution in [0, 0.1) is 6.92 Å². The third-order valence-electron chi connectivity index (χ3n) is 6.82. The van der Waals surface area contributed by atoms with Gasteiger partial charge in [-0.15, -0.1) is 0 Å². The number of halogens is 1. The van der Waals surface area contributed by atoms with Crippen LogP contribution in [-0.4, -0.2) is 36.9 Å². The van der Waals surface area contributed by atoms with E-state index in [9.17, 15) is 13.2 Å². The average Bonchev–Trinajstić information content (AvgIpc) is 3.41. The molecule has 0 saturated heterocycles. The van der Waals surface area contributed by atoms with Crippen LogP contribution in [-0.2, 0) is 10.0 Å². The largest absolute Gasteiger partial charge is 0.361 e. The van der Waals surface area contributed by atoms with Crippen LogP contribution >= 0.6 is 11.6 Å². The molecule has 0 unspecified atom stereocenters. The maximum absolute atomic E-state index is 13.5. The minimum Gasteiger partial charge on any atom is -0.361 e. The summed E-state index contributed by atoms with van der Waals surface area (Å²) in [7, 11) is -3.88. The van der Waals surface area contributed by atoms with Crippen LogP contribution in [0.5, 0.6) is 0 Å². The van der Waals surface area contributed by atoms with E-state index in [1.165, 1.54) is 0 Å². The average molecular weight is 519 g/mol. The minimum absolute atomic E-state index is 0.117. The van der Waals surface area contributed by atoms with Crippen molar-refractivity contribution in [3.05, 3.63) is 100 Å². The van der Waals surface area contributed by atoms with Gasteiger partial charge >= 0.3 is 0 Å². The molecule has 1 aliphatic rings. The molecule has 0 radical (unpaired) electrons. The maximum Gasteiger partial charge on any atom is 0.268 e. The summed E-state index contributed by atoms with van der Waals surface area (Å²) in [5.41, 5.74) is 4.68. The lowest BCUT2D eigenvalue weighted by Crippen LogP contribution is -2.45. The van der Waals surface area contributed by atoms with Gasteiger partial charge in [-0.25, -0.2) is 13.1 Å². The minimum atomic E-state index is -3.88. The molecule has 2 aromatic heterocycles. The van der Waals surface area contributed by atoms with Gasteiger partial charge in [-0.3, -0.25) is 4.79 Å². The Balaban J connectivity index is 1.57. The Labute approximate surface area is 212 Å². The van der Waals surface area contributed by atoms with Crippen molar-refractivity contribution in [2.24, 2.45) is 0 Å². The monoisotopic (exact) mass is 518 g/mol. The number of aryl methyl sites for hydroxylation is 1. The number of aromatic nitrogens is 2. The van der Waals surface area contributed by atoms with E-state index in [1.807, 2.05) is 55.6 Å². The zero-order valence-electron chi connectivity index (χ0n) is 19.3. The number of para-hydroxylation sites is 1. The summed E-state index contributed by atoms with van der Waals surface area (Å²) >= 11 is 6.22. The molecule has 2 atom stereocenters. The summed E-state index contributed by atoms with van der Waals surface area (Å²) in [6.45, 7) is 2.02. The van der Waals surface area contributed by atoms with Gasteiger partial charge in [0, 0.05) is 45.5 Å². The zero-order chi connectivity index (χ0) is 25.0. The number of H-pyrrole nitrogens is 2. The summed E-state index contributed by atoms with van der Waals surface area (Å²) in [4.78, 5) is 19.9. The molecule has 3 aromatic carbocycles. The first kappa shape index (κ1) is 22.8. The molecule has 3 heterocycles. The van der Waals surface area contributed by atoms with E-state index < -0.39 is 22.0 Å². The van der Waals surface area contributed by atoms with E-state index in [1.54, 1.807) is 24.3 Å². The van der Waals surface area contributed by atoms with Crippen molar-refractivity contribution in [3.63, 3.8) is 0 Å². The van der Waals surface area contributed by atoms with E-state index in [2.05, 4.69) is 20.0 Å². The van der Waals surface area contributed by atoms with Crippen LogP contribution in [0.3, 0.4) is 0 Å². The summed E-state index contributed by atoms with van der Waals surface area (Å²) < 4.78 is 29.9. The SMILES string of the molecule is Cc1ccc(S(=O)(=O)N[C@H]2CNC(=O)c3[nH]c4ccccc4c3[C@@H]2c2c[nH]c3cc(Cl)ccc23)cc1. The molecule has 1 aliphatic heterocycles. The second kappa shape index (κ2) is 8.51. The van der Waals surface area contributed by atoms with Gasteiger partial charge in [0.15, 0.2) is 0 Å². The number of hydrogen-bond acceptors (Lipinski definition) is 3. The van der Waals surface area contributed by atoms with Crippen LogP contribution in [0.4, 0.5) is 0 Å². The number of fused-ring (bicyclic) bond motifs is 4. The standard InChI is InChI=1S/C27H23ClN4O3S/c1-15-6-9-17(10-7-15)36(34,35)32-23-14-30-27(33)26-25(19-4-2-3-5-21(19)31-26)24(23)20-13-29-22-12-16(28)8-11-18(20)22/h2-13,23-24,29,31-32H,14H2,1H3,(H,30,33)/t23-,24+/m0/s1. The summed E-state index contributed by atoms with van der Waals surface area (Å²) in [5, 5.41) is 5.30. The van der Waals surface area contributed by atoms with E-state index >= 15 is 0 Å². The van der Waals surface area contributed by atoms with Crippen molar-refractivity contribution in [1.82, 2.24) is 20.0 Å². The molecule has 4 N–H and O–H groups in total. The molecule has 36 heavy (non-hydrogen) atoms. The predicted molar refractivity (Wildman–Crippen MR) is 141 cm³/mol.